The van der Waals surface area contributed by atoms with Crippen LogP contribution in [-0.2, 0) is 14.3 Å². The van der Waals surface area contributed by atoms with Crippen molar-refractivity contribution in [3.63, 3.8) is 0 Å². The van der Waals surface area contributed by atoms with E-state index in [0.717, 1.165) is 25.9 Å². The van der Waals surface area contributed by atoms with Crippen molar-refractivity contribution in [1.29, 1.82) is 0 Å². The summed E-state index contributed by atoms with van der Waals surface area (Å²) in [5.74, 6) is -0.0803. The molecule has 19 heavy (non-hydrogen) atoms. The molecule has 1 atom stereocenters. The second-order valence-electron chi connectivity index (χ2n) is 4.79. The van der Waals surface area contributed by atoms with Crippen LogP contribution in [0.1, 0.15) is 19.3 Å². The van der Waals surface area contributed by atoms with Crippen molar-refractivity contribution in [3.05, 3.63) is 0 Å². The summed E-state index contributed by atoms with van der Waals surface area (Å²) in [5, 5.41) is 12.3. The Balaban J connectivity index is 1.70. The highest BCUT2D eigenvalue weighted by molar-refractivity contribution is 7.99. The molecule has 0 saturated carbocycles. The number of aliphatic carboxylic acids is 1. The van der Waals surface area contributed by atoms with Gasteiger partial charge in [-0.25, -0.2) is 4.79 Å². The molecule has 2 aliphatic rings. The number of ether oxygens (including phenoxy) is 1. The lowest BCUT2D eigenvalue weighted by molar-refractivity contribution is -0.148. The predicted molar refractivity (Wildman–Crippen MR) is 72.1 cm³/mol. The normalized spacial score (nSPS) is 24.6. The van der Waals surface area contributed by atoms with E-state index in [0.29, 0.717) is 18.2 Å². The number of hydrogen-bond acceptors (Lipinski definition) is 5. The van der Waals surface area contributed by atoms with Crippen LogP contribution in [0, 0.1) is 0 Å². The molecule has 2 N–H and O–H groups in total. The Morgan fingerprint density at radius 3 is 2.79 bits per heavy atom. The monoisotopic (exact) mass is 288 g/mol. The highest BCUT2D eigenvalue weighted by Crippen LogP contribution is 2.22. The van der Waals surface area contributed by atoms with Crippen molar-refractivity contribution in [2.24, 2.45) is 0 Å². The van der Waals surface area contributed by atoms with E-state index in [1.807, 2.05) is 0 Å². The van der Waals surface area contributed by atoms with Gasteiger partial charge in [-0.1, -0.05) is 0 Å². The summed E-state index contributed by atoms with van der Waals surface area (Å²) in [5.41, 5.74) is 0. The Hall–Kier alpha value is -0.790. The molecule has 2 rings (SSSR count). The number of carbonyl (C=O) groups excluding carboxylic acids is 1. The van der Waals surface area contributed by atoms with Crippen molar-refractivity contribution in [2.45, 2.75) is 31.4 Å². The molecule has 2 saturated heterocycles. The number of thioether (sulfide) groups is 1. The molecular formula is C12H20N2O4S. The molecule has 7 heteroatoms. The number of nitrogens with zero attached hydrogens (tertiary/aromatic N) is 1. The van der Waals surface area contributed by atoms with Crippen molar-refractivity contribution in [2.75, 3.05) is 31.3 Å². The number of hydrogen-bond donors (Lipinski definition) is 2. The van der Waals surface area contributed by atoms with Crippen LogP contribution in [0.25, 0.3) is 0 Å². The van der Waals surface area contributed by atoms with E-state index in [-0.39, 0.29) is 18.4 Å². The number of rotatable bonds is 5. The first kappa shape index (κ1) is 14.6. The Labute approximate surface area is 116 Å². The third-order valence-electron chi connectivity index (χ3n) is 3.44. The van der Waals surface area contributed by atoms with E-state index in [9.17, 15) is 9.59 Å². The van der Waals surface area contributed by atoms with Crippen molar-refractivity contribution in [3.8, 4) is 0 Å². The predicted octanol–water partition coefficient (Wildman–Crippen LogP) is 0.131. The average molecular weight is 288 g/mol. The van der Waals surface area contributed by atoms with E-state index in [4.69, 9.17) is 9.84 Å². The third-order valence-corrected chi connectivity index (χ3v) is 4.46. The van der Waals surface area contributed by atoms with E-state index >= 15 is 0 Å². The molecule has 1 amide bonds. The summed E-state index contributed by atoms with van der Waals surface area (Å²) in [7, 11) is 0. The molecule has 0 spiro atoms. The van der Waals surface area contributed by atoms with Crippen LogP contribution in [0.4, 0.5) is 0 Å². The number of nitrogens with one attached hydrogen (secondary N) is 1. The van der Waals surface area contributed by atoms with E-state index < -0.39 is 12.0 Å². The Morgan fingerprint density at radius 1 is 1.37 bits per heavy atom. The highest BCUT2D eigenvalue weighted by Gasteiger charge is 2.34. The van der Waals surface area contributed by atoms with Crippen LogP contribution >= 0.6 is 11.8 Å². The van der Waals surface area contributed by atoms with Crippen LogP contribution in [-0.4, -0.2) is 65.4 Å². The second-order valence-corrected chi connectivity index (χ2v) is 5.79. The van der Waals surface area contributed by atoms with Gasteiger partial charge in [0.05, 0.1) is 25.0 Å². The molecule has 2 heterocycles. The second kappa shape index (κ2) is 7.12. The van der Waals surface area contributed by atoms with Crippen LogP contribution in [0.2, 0.25) is 0 Å². The summed E-state index contributed by atoms with van der Waals surface area (Å²) >= 11 is 1.48. The van der Waals surface area contributed by atoms with Crippen molar-refractivity contribution >= 4 is 23.6 Å². The molecule has 108 valence electrons. The van der Waals surface area contributed by atoms with Gasteiger partial charge < -0.3 is 20.1 Å². The molecule has 0 bridgehead atoms. The SMILES string of the molecule is O=C(O)C1CSCN1C(=O)CCOC1CCNCC1. The molecule has 0 aliphatic carbocycles. The van der Waals surface area contributed by atoms with Gasteiger partial charge in [-0.05, 0) is 25.9 Å². The zero-order valence-corrected chi connectivity index (χ0v) is 11.7. The quantitative estimate of drug-likeness (QED) is 0.749. The minimum absolute atomic E-state index is 0.119. The molecular weight excluding hydrogens is 268 g/mol. The first-order chi connectivity index (χ1) is 9.18. The van der Waals surface area contributed by atoms with E-state index in [2.05, 4.69) is 5.32 Å². The van der Waals surface area contributed by atoms with E-state index in [1.54, 1.807) is 0 Å². The molecule has 6 nitrogen and oxygen atoms in total. The zero-order chi connectivity index (χ0) is 13.7. The number of carboxylic acid groups (broad SMARTS) is 1. The van der Waals surface area contributed by atoms with Gasteiger partial charge in [0.25, 0.3) is 0 Å². The van der Waals surface area contributed by atoms with Gasteiger partial charge >= 0.3 is 5.97 Å². The first-order valence-electron chi connectivity index (χ1n) is 6.61. The molecule has 0 aromatic carbocycles. The van der Waals surface area contributed by atoms with Gasteiger partial charge in [-0.3, -0.25) is 4.79 Å². The van der Waals surface area contributed by atoms with Gasteiger partial charge in [0.1, 0.15) is 6.04 Å². The zero-order valence-electron chi connectivity index (χ0n) is 10.8. The summed E-state index contributed by atoms with van der Waals surface area (Å²) in [4.78, 5) is 24.4. The summed E-state index contributed by atoms with van der Waals surface area (Å²) in [6.07, 6.45) is 2.46. The van der Waals surface area contributed by atoms with Crippen molar-refractivity contribution < 1.29 is 19.4 Å². The average Bonchev–Trinajstić information content (AvgIpc) is 2.89. The number of carboxylic acids is 1. The number of carbonyl (C=O) groups is 2. The maximum atomic E-state index is 12.0. The number of piperidine rings is 1. The maximum absolute atomic E-state index is 12.0. The largest absolute Gasteiger partial charge is 0.480 e. The lowest BCUT2D eigenvalue weighted by Gasteiger charge is -2.24. The summed E-state index contributed by atoms with van der Waals surface area (Å²) < 4.78 is 5.67. The van der Waals surface area contributed by atoms with Gasteiger partial charge in [0.2, 0.25) is 5.91 Å². The lowest BCUT2D eigenvalue weighted by Crippen LogP contribution is -2.42. The molecule has 2 fully saturated rings. The lowest BCUT2D eigenvalue weighted by atomic mass is 10.1. The standard InChI is InChI=1S/C12H20N2O4S/c15-11(14-8-19-7-10(14)12(16)17)3-6-18-9-1-4-13-5-2-9/h9-10,13H,1-8H2,(H,16,17). The number of amides is 1. The molecule has 0 aromatic rings. The van der Waals surface area contributed by atoms with Crippen LogP contribution in [0.5, 0.6) is 0 Å². The Bertz CT molecular complexity index is 334. The molecule has 0 aromatic heterocycles. The van der Waals surface area contributed by atoms with E-state index in [1.165, 1.54) is 16.7 Å². The van der Waals surface area contributed by atoms with Crippen LogP contribution in [0.3, 0.4) is 0 Å². The maximum Gasteiger partial charge on any atom is 0.327 e. The minimum atomic E-state index is -0.919. The van der Waals surface area contributed by atoms with Gasteiger partial charge in [-0.2, -0.15) is 0 Å². The topological polar surface area (TPSA) is 78.9 Å². The molecule has 2 aliphatic heterocycles. The Morgan fingerprint density at radius 2 is 2.11 bits per heavy atom. The molecule has 1 unspecified atom stereocenters. The summed E-state index contributed by atoms with van der Waals surface area (Å²) in [6, 6.07) is -0.670. The Kier molecular flexibility index (Phi) is 5.47. The van der Waals surface area contributed by atoms with Gasteiger partial charge in [-0.15, -0.1) is 11.8 Å². The van der Waals surface area contributed by atoms with Gasteiger partial charge in [0, 0.05) is 5.75 Å². The van der Waals surface area contributed by atoms with Crippen molar-refractivity contribution in [1.82, 2.24) is 10.2 Å². The highest BCUT2D eigenvalue weighted by atomic mass is 32.2. The first-order valence-corrected chi connectivity index (χ1v) is 7.76. The fourth-order valence-electron chi connectivity index (χ4n) is 2.31. The fraction of sp³-hybridized carbons (Fsp3) is 0.833. The summed E-state index contributed by atoms with van der Waals surface area (Å²) in [6.45, 7) is 2.31. The fourth-order valence-corrected chi connectivity index (χ4v) is 3.48. The van der Waals surface area contributed by atoms with Crippen LogP contribution < -0.4 is 5.32 Å². The molecule has 0 radical (unpaired) electrons. The van der Waals surface area contributed by atoms with Gasteiger partial charge in [0.15, 0.2) is 0 Å². The minimum Gasteiger partial charge on any atom is -0.480 e. The third kappa shape index (κ3) is 4.09. The van der Waals surface area contributed by atoms with Crippen LogP contribution in [0.15, 0.2) is 0 Å². The smallest absolute Gasteiger partial charge is 0.327 e.